The Hall–Kier alpha value is -0.820. The molecule has 21 heavy (non-hydrogen) atoms. The van der Waals surface area contributed by atoms with Gasteiger partial charge in [-0.05, 0) is 19.8 Å². The summed E-state index contributed by atoms with van der Waals surface area (Å²) in [5.74, 6) is 1.44. The van der Waals surface area contributed by atoms with Gasteiger partial charge in [-0.15, -0.1) is 0 Å². The van der Waals surface area contributed by atoms with Crippen LogP contribution in [0.3, 0.4) is 0 Å². The molecule has 1 fully saturated rings. The first kappa shape index (κ1) is 18.2. The number of hydrogen-bond donors (Lipinski definition) is 1. The average molecular weight is 319 g/mol. The number of rotatable bonds is 5. The summed E-state index contributed by atoms with van der Waals surface area (Å²) >= 11 is 0. The molecule has 0 saturated carbocycles. The van der Waals surface area contributed by atoms with Gasteiger partial charge in [-0.3, -0.25) is 4.99 Å². The number of nitrogens with one attached hydrogen (secondary N) is 1. The molecule has 7 heteroatoms. The lowest BCUT2D eigenvalue weighted by atomic mass is 10.2. The normalized spacial score (nSPS) is 21.6. The highest BCUT2D eigenvalue weighted by atomic mass is 32.2. The fraction of sp³-hybridized carbons (Fsp3) is 0.929. The van der Waals surface area contributed by atoms with Crippen LogP contribution in [0.25, 0.3) is 0 Å². The lowest BCUT2D eigenvalue weighted by molar-refractivity contribution is 0.113. The Kier molecular flexibility index (Phi) is 6.46. The Balaban J connectivity index is 2.47. The predicted octanol–water partition coefficient (Wildman–Crippen LogP) is 0.743. The summed E-state index contributed by atoms with van der Waals surface area (Å²) in [5.41, 5.74) is 0. The van der Waals surface area contributed by atoms with Gasteiger partial charge in [0.05, 0.1) is 17.1 Å². The van der Waals surface area contributed by atoms with E-state index < -0.39 is 14.6 Å². The van der Waals surface area contributed by atoms with Crippen LogP contribution in [-0.2, 0) is 14.6 Å². The van der Waals surface area contributed by atoms with Gasteiger partial charge in [-0.1, -0.05) is 13.8 Å². The molecule has 0 aliphatic carbocycles. The maximum Gasteiger partial charge on any atom is 0.193 e. The third-order valence-corrected chi connectivity index (χ3v) is 6.07. The van der Waals surface area contributed by atoms with Crippen molar-refractivity contribution in [3.8, 4) is 0 Å². The van der Waals surface area contributed by atoms with Crippen LogP contribution in [0.4, 0.5) is 0 Å². The molecule has 0 amide bonds. The standard InChI is InChI=1S/C14H29N3O3S/c1-12(2)10-20-8-6-16-13(15-5)17-7-9-21(18,19)14(3,4)11-17/h12H,6-11H2,1-5H3,(H,15,16). The summed E-state index contributed by atoms with van der Waals surface area (Å²) < 4.78 is 28.8. The summed E-state index contributed by atoms with van der Waals surface area (Å²) in [4.78, 5) is 6.24. The third-order valence-electron chi connectivity index (χ3n) is 3.54. The van der Waals surface area contributed by atoms with Crippen LogP contribution in [0.15, 0.2) is 4.99 Å². The first-order chi connectivity index (χ1) is 9.69. The Morgan fingerprint density at radius 3 is 2.62 bits per heavy atom. The van der Waals surface area contributed by atoms with Crippen LogP contribution in [0.2, 0.25) is 0 Å². The minimum absolute atomic E-state index is 0.171. The molecular weight excluding hydrogens is 290 g/mol. The van der Waals surface area contributed by atoms with Gasteiger partial charge in [0, 0.05) is 33.3 Å². The molecule has 1 aliphatic heterocycles. The second-order valence-electron chi connectivity index (χ2n) is 6.44. The number of aliphatic imine (C=N–C) groups is 1. The number of ether oxygens (including phenoxy) is 1. The molecule has 0 aromatic carbocycles. The van der Waals surface area contributed by atoms with E-state index in [4.69, 9.17) is 4.74 Å². The van der Waals surface area contributed by atoms with E-state index in [0.717, 1.165) is 12.6 Å². The van der Waals surface area contributed by atoms with Crippen LogP contribution >= 0.6 is 0 Å². The van der Waals surface area contributed by atoms with Gasteiger partial charge in [0.1, 0.15) is 0 Å². The van der Waals surface area contributed by atoms with Gasteiger partial charge < -0.3 is 15.0 Å². The molecule has 1 N–H and O–H groups in total. The molecule has 0 aromatic heterocycles. The van der Waals surface area contributed by atoms with E-state index in [1.54, 1.807) is 20.9 Å². The zero-order valence-corrected chi connectivity index (χ0v) is 14.7. The van der Waals surface area contributed by atoms with Gasteiger partial charge in [0.25, 0.3) is 0 Å². The minimum atomic E-state index is -3.02. The van der Waals surface area contributed by atoms with Gasteiger partial charge >= 0.3 is 0 Å². The van der Waals surface area contributed by atoms with Crippen molar-refractivity contribution in [2.45, 2.75) is 32.4 Å². The number of hydrogen-bond acceptors (Lipinski definition) is 4. The molecule has 0 aromatic rings. The fourth-order valence-electron chi connectivity index (χ4n) is 2.21. The van der Waals surface area contributed by atoms with E-state index >= 15 is 0 Å². The Labute approximate surface area is 128 Å². The first-order valence-corrected chi connectivity index (χ1v) is 9.10. The average Bonchev–Trinajstić information content (AvgIpc) is 2.37. The van der Waals surface area contributed by atoms with Crippen molar-refractivity contribution < 1.29 is 13.2 Å². The fourth-order valence-corrected chi connectivity index (χ4v) is 3.58. The minimum Gasteiger partial charge on any atom is -0.379 e. The smallest absolute Gasteiger partial charge is 0.193 e. The van der Waals surface area contributed by atoms with E-state index in [2.05, 4.69) is 24.2 Å². The molecule has 1 heterocycles. The van der Waals surface area contributed by atoms with Gasteiger partial charge in [-0.25, -0.2) is 8.42 Å². The van der Waals surface area contributed by atoms with Crippen molar-refractivity contribution in [3.05, 3.63) is 0 Å². The van der Waals surface area contributed by atoms with Crippen molar-refractivity contribution >= 4 is 15.8 Å². The maximum atomic E-state index is 12.0. The van der Waals surface area contributed by atoms with E-state index in [0.29, 0.717) is 32.2 Å². The molecule has 0 bridgehead atoms. The predicted molar refractivity (Wildman–Crippen MR) is 86.5 cm³/mol. The monoisotopic (exact) mass is 319 g/mol. The van der Waals surface area contributed by atoms with E-state index in [9.17, 15) is 8.42 Å². The molecule has 0 atom stereocenters. The van der Waals surface area contributed by atoms with Crippen LogP contribution in [0.5, 0.6) is 0 Å². The van der Waals surface area contributed by atoms with Crippen LogP contribution in [-0.4, -0.2) is 69.7 Å². The van der Waals surface area contributed by atoms with E-state index in [1.165, 1.54) is 0 Å². The molecule has 0 radical (unpaired) electrons. The number of nitrogens with zero attached hydrogens (tertiary/aromatic N) is 2. The summed E-state index contributed by atoms with van der Waals surface area (Å²) in [7, 11) is -1.31. The van der Waals surface area contributed by atoms with Crippen molar-refractivity contribution in [1.82, 2.24) is 10.2 Å². The zero-order valence-electron chi connectivity index (χ0n) is 13.8. The summed E-state index contributed by atoms with van der Waals surface area (Å²) in [6, 6.07) is 0. The maximum absolute atomic E-state index is 12.0. The molecule has 0 spiro atoms. The van der Waals surface area contributed by atoms with Gasteiger partial charge in [-0.2, -0.15) is 0 Å². The lowest BCUT2D eigenvalue weighted by Gasteiger charge is -2.39. The highest BCUT2D eigenvalue weighted by Crippen LogP contribution is 2.23. The first-order valence-electron chi connectivity index (χ1n) is 7.45. The quantitative estimate of drug-likeness (QED) is 0.460. The van der Waals surface area contributed by atoms with E-state index in [-0.39, 0.29) is 5.75 Å². The van der Waals surface area contributed by atoms with Crippen LogP contribution < -0.4 is 5.32 Å². The molecule has 124 valence electrons. The summed E-state index contributed by atoms with van der Waals surface area (Å²) in [5, 5.41) is 3.23. The summed E-state index contributed by atoms with van der Waals surface area (Å²) in [6.45, 7) is 10.7. The van der Waals surface area contributed by atoms with Crippen molar-refractivity contribution in [2.75, 3.05) is 45.6 Å². The van der Waals surface area contributed by atoms with Gasteiger partial charge in [0.15, 0.2) is 15.8 Å². The van der Waals surface area contributed by atoms with Crippen LogP contribution in [0.1, 0.15) is 27.7 Å². The summed E-state index contributed by atoms with van der Waals surface area (Å²) in [6.07, 6.45) is 0. The number of sulfone groups is 1. The van der Waals surface area contributed by atoms with Crippen molar-refractivity contribution in [3.63, 3.8) is 0 Å². The second-order valence-corrected chi connectivity index (χ2v) is 9.19. The number of guanidine groups is 1. The third kappa shape index (κ3) is 5.14. The lowest BCUT2D eigenvalue weighted by Crippen LogP contribution is -2.57. The van der Waals surface area contributed by atoms with Crippen molar-refractivity contribution in [2.24, 2.45) is 10.9 Å². The molecule has 1 saturated heterocycles. The molecule has 1 aliphatic rings. The largest absolute Gasteiger partial charge is 0.379 e. The highest BCUT2D eigenvalue weighted by molar-refractivity contribution is 7.92. The molecular formula is C14H29N3O3S. The van der Waals surface area contributed by atoms with Crippen LogP contribution in [0, 0.1) is 5.92 Å². The second kappa shape index (κ2) is 7.45. The van der Waals surface area contributed by atoms with Crippen molar-refractivity contribution in [1.29, 1.82) is 0 Å². The van der Waals surface area contributed by atoms with E-state index in [1.807, 2.05) is 4.90 Å². The Morgan fingerprint density at radius 1 is 1.43 bits per heavy atom. The SMILES string of the molecule is CN=C(NCCOCC(C)C)N1CCS(=O)(=O)C(C)(C)C1. The molecule has 0 unspecified atom stereocenters. The highest BCUT2D eigenvalue weighted by Gasteiger charge is 2.40. The topological polar surface area (TPSA) is 71.0 Å². The Morgan fingerprint density at radius 2 is 2.10 bits per heavy atom. The van der Waals surface area contributed by atoms with Gasteiger partial charge in [0.2, 0.25) is 0 Å². The molecule has 1 rings (SSSR count). The molecule has 6 nitrogen and oxygen atoms in total. The Bertz CT molecular complexity index is 458. The zero-order chi connectivity index (χ0) is 16.1.